The SMILES string of the molecule is CCCC(CCC(C)C(C)CC(C)CC)C1CC1. The van der Waals surface area contributed by atoms with Crippen LogP contribution in [0.5, 0.6) is 0 Å². The van der Waals surface area contributed by atoms with Crippen molar-refractivity contribution in [3.8, 4) is 0 Å². The molecule has 1 aliphatic rings. The molecular formula is C18H36. The van der Waals surface area contributed by atoms with Gasteiger partial charge in [0.05, 0.1) is 0 Å². The third kappa shape index (κ3) is 5.76. The molecule has 1 aliphatic carbocycles. The maximum Gasteiger partial charge on any atom is -0.0386 e. The standard InChI is InChI=1S/C18H36/c1-6-8-17(18-11-12-18)10-9-15(4)16(5)13-14(3)7-2/h14-18H,6-13H2,1-5H3. The summed E-state index contributed by atoms with van der Waals surface area (Å²) in [6, 6.07) is 0. The first-order valence-electron chi connectivity index (χ1n) is 8.58. The van der Waals surface area contributed by atoms with E-state index in [0.29, 0.717) is 0 Å². The van der Waals surface area contributed by atoms with Gasteiger partial charge in [-0.15, -0.1) is 0 Å². The first-order chi connectivity index (χ1) is 8.58. The molecule has 1 saturated carbocycles. The van der Waals surface area contributed by atoms with E-state index >= 15 is 0 Å². The predicted octanol–water partition coefficient (Wildman–Crippen LogP) is 6.30. The second-order valence-electron chi connectivity index (χ2n) is 7.17. The first-order valence-corrected chi connectivity index (χ1v) is 8.58. The molecule has 0 heterocycles. The van der Waals surface area contributed by atoms with Crippen LogP contribution in [0.25, 0.3) is 0 Å². The monoisotopic (exact) mass is 252 g/mol. The van der Waals surface area contributed by atoms with Crippen molar-refractivity contribution in [1.82, 2.24) is 0 Å². The Balaban J connectivity index is 2.23. The highest BCUT2D eigenvalue weighted by atomic mass is 14.4. The minimum Gasteiger partial charge on any atom is -0.0654 e. The molecule has 0 aliphatic heterocycles. The van der Waals surface area contributed by atoms with Crippen LogP contribution in [0.4, 0.5) is 0 Å². The Morgan fingerprint density at radius 1 is 0.889 bits per heavy atom. The molecule has 1 rings (SSSR count). The summed E-state index contributed by atoms with van der Waals surface area (Å²) >= 11 is 0. The van der Waals surface area contributed by atoms with Crippen molar-refractivity contribution < 1.29 is 0 Å². The van der Waals surface area contributed by atoms with Crippen molar-refractivity contribution in [3.05, 3.63) is 0 Å². The van der Waals surface area contributed by atoms with Gasteiger partial charge in [0.1, 0.15) is 0 Å². The lowest BCUT2D eigenvalue weighted by atomic mass is 9.81. The van der Waals surface area contributed by atoms with Crippen molar-refractivity contribution in [3.63, 3.8) is 0 Å². The highest BCUT2D eigenvalue weighted by molar-refractivity contribution is 4.81. The van der Waals surface area contributed by atoms with Gasteiger partial charge in [-0.1, -0.05) is 60.3 Å². The molecule has 0 saturated heterocycles. The van der Waals surface area contributed by atoms with Gasteiger partial charge >= 0.3 is 0 Å². The lowest BCUT2D eigenvalue weighted by Gasteiger charge is -2.25. The van der Waals surface area contributed by atoms with Crippen LogP contribution < -0.4 is 0 Å². The van der Waals surface area contributed by atoms with Gasteiger partial charge in [0.25, 0.3) is 0 Å². The van der Waals surface area contributed by atoms with Gasteiger partial charge in [-0.2, -0.15) is 0 Å². The molecule has 0 heteroatoms. The van der Waals surface area contributed by atoms with Crippen LogP contribution in [0.2, 0.25) is 0 Å². The quantitative estimate of drug-likeness (QED) is 0.428. The van der Waals surface area contributed by atoms with E-state index in [1.807, 2.05) is 0 Å². The van der Waals surface area contributed by atoms with Crippen LogP contribution in [-0.2, 0) is 0 Å². The summed E-state index contributed by atoms with van der Waals surface area (Å²) in [5.74, 6) is 4.94. The fourth-order valence-corrected chi connectivity index (χ4v) is 3.35. The van der Waals surface area contributed by atoms with Gasteiger partial charge in [0.2, 0.25) is 0 Å². The molecule has 0 aromatic carbocycles. The molecule has 0 aromatic rings. The molecule has 4 atom stereocenters. The molecular weight excluding hydrogens is 216 g/mol. The Morgan fingerprint density at radius 3 is 2.06 bits per heavy atom. The van der Waals surface area contributed by atoms with Crippen molar-refractivity contribution in [2.75, 3.05) is 0 Å². The molecule has 108 valence electrons. The summed E-state index contributed by atoms with van der Waals surface area (Å²) in [6.45, 7) is 12.1. The predicted molar refractivity (Wildman–Crippen MR) is 82.8 cm³/mol. The molecule has 0 spiro atoms. The van der Waals surface area contributed by atoms with Gasteiger partial charge in [0, 0.05) is 0 Å². The number of hydrogen-bond acceptors (Lipinski definition) is 0. The van der Waals surface area contributed by atoms with Crippen LogP contribution in [0.3, 0.4) is 0 Å². The topological polar surface area (TPSA) is 0 Å². The van der Waals surface area contributed by atoms with E-state index in [4.69, 9.17) is 0 Å². The second kappa shape index (κ2) is 8.23. The molecule has 0 radical (unpaired) electrons. The highest BCUT2D eigenvalue weighted by Crippen LogP contribution is 2.42. The Kier molecular flexibility index (Phi) is 7.34. The van der Waals surface area contributed by atoms with Gasteiger partial charge in [-0.3, -0.25) is 0 Å². The van der Waals surface area contributed by atoms with Crippen LogP contribution in [0, 0.1) is 29.6 Å². The molecule has 18 heavy (non-hydrogen) atoms. The molecule has 4 unspecified atom stereocenters. The van der Waals surface area contributed by atoms with Crippen molar-refractivity contribution in [1.29, 1.82) is 0 Å². The number of rotatable bonds is 10. The molecule has 0 aromatic heterocycles. The molecule has 0 N–H and O–H groups in total. The maximum atomic E-state index is 2.49. The van der Waals surface area contributed by atoms with Gasteiger partial charge in [0.15, 0.2) is 0 Å². The van der Waals surface area contributed by atoms with Crippen LogP contribution >= 0.6 is 0 Å². The summed E-state index contributed by atoms with van der Waals surface area (Å²) in [7, 11) is 0. The van der Waals surface area contributed by atoms with E-state index in [1.54, 1.807) is 0 Å². The van der Waals surface area contributed by atoms with E-state index in [2.05, 4.69) is 34.6 Å². The summed E-state index contributed by atoms with van der Waals surface area (Å²) in [5, 5.41) is 0. The normalized spacial score (nSPS) is 22.5. The lowest BCUT2D eigenvalue weighted by molar-refractivity contribution is 0.264. The van der Waals surface area contributed by atoms with E-state index in [9.17, 15) is 0 Å². The third-order valence-electron chi connectivity index (χ3n) is 5.38. The van der Waals surface area contributed by atoms with Crippen LogP contribution in [0.1, 0.15) is 86.0 Å². The first kappa shape index (κ1) is 16.1. The highest BCUT2D eigenvalue weighted by Gasteiger charge is 2.30. The molecule has 0 amide bonds. The Morgan fingerprint density at radius 2 is 1.56 bits per heavy atom. The maximum absolute atomic E-state index is 2.49. The average Bonchev–Trinajstić information content (AvgIpc) is 3.17. The zero-order valence-electron chi connectivity index (χ0n) is 13.5. The molecule has 0 bridgehead atoms. The van der Waals surface area contributed by atoms with Gasteiger partial charge in [-0.25, -0.2) is 0 Å². The zero-order valence-corrected chi connectivity index (χ0v) is 13.5. The Bertz CT molecular complexity index is 204. The summed E-state index contributed by atoms with van der Waals surface area (Å²) in [5.41, 5.74) is 0. The second-order valence-corrected chi connectivity index (χ2v) is 7.17. The minimum atomic E-state index is 0.914. The number of hydrogen-bond donors (Lipinski definition) is 0. The van der Waals surface area contributed by atoms with E-state index in [1.165, 1.54) is 51.4 Å². The fraction of sp³-hybridized carbons (Fsp3) is 1.00. The largest absolute Gasteiger partial charge is 0.0654 e. The van der Waals surface area contributed by atoms with Crippen molar-refractivity contribution >= 4 is 0 Å². The minimum absolute atomic E-state index is 0.914. The smallest absolute Gasteiger partial charge is 0.0386 e. The fourth-order valence-electron chi connectivity index (χ4n) is 3.35. The summed E-state index contributed by atoms with van der Waals surface area (Å²) in [4.78, 5) is 0. The summed E-state index contributed by atoms with van der Waals surface area (Å²) < 4.78 is 0. The molecule has 0 nitrogen and oxygen atoms in total. The molecule has 1 fully saturated rings. The van der Waals surface area contributed by atoms with E-state index < -0.39 is 0 Å². The van der Waals surface area contributed by atoms with Gasteiger partial charge < -0.3 is 0 Å². The van der Waals surface area contributed by atoms with Crippen LogP contribution in [-0.4, -0.2) is 0 Å². The average molecular weight is 252 g/mol. The zero-order chi connectivity index (χ0) is 13.5. The van der Waals surface area contributed by atoms with Crippen LogP contribution in [0.15, 0.2) is 0 Å². The Labute approximate surface area is 116 Å². The third-order valence-corrected chi connectivity index (χ3v) is 5.38. The van der Waals surface area contributed by atoms with Crippen molar-refractivity contribution in [2.45, 2.75) is 86.0 Å². The van der Waals surface area contributed by atoms with E-state index in [0.717, 1.165) is 29.6 Å². The Hall–Kier alpha value is 0. The summed E-state index contributed by atoms with van der Waals surface area (Å²) in [6.07, 6.45) is 11.7. The van der Waals surface area contributed by atoms with Crippen molar-refractivity contribution in [2.24, 2.45) is 29.6 Å². The van der Waals surface area contributed by atoms with E-state index in [-0.39, 0.29) is 0 Å². The lowest BCUT2D eigenvalue weighted by Crippen LogP contribution is -2.14. The van der Waals surface area contributed by atoms with Gasteiger partial charge in [-0.05, 0) is 55.3 Å².